The molecule has 0 atom stereocenters. The first-order valence-electron chi connectivity index (χ1n) is 5.07. The maximum Gasteiger partial charge on any atom is 0.338 e. The zero-order valence-corrected chi connectivity index (χ0v) is 10.3. The number of ether oxygens (including phenoxy) is 1. The molecule has 1 aromatic rings. The second kappa shape index (κ2) is 4.05. The Morgan fingerprint density at radius 3 is 1.47 bits per heavy atom. The van der Waals surface area contributed by atoms with Crippen LogP contribution < -0.4 is 0 Å². The summed E-state index contributed by atoms with van der Waals surface area (Å²) < 4.78 is 4.81. The number of methoxy groups -OCH3 is 1. The van der Waals surface area contributed by atoms with Crippen LogP contribution in [-0.4, -0.2) is 13.1 Å². The highest BCUT2D eigenvalue weighted by molar-refractivity contribution is 5.93. The van der Waals surface area contributed by atoms with Gasteiger partial charge in [-0.1, -0.05) is 0 Å². The zero-order chi connectivity index (χ0) is 11.7. The van der Waals surface area contributed by atoms with Crippen LogP contribution in [0.2, 0.25) is 0 Å². The first-order chi connectivity index (χ1) is 6.91. The fourth-order valence-electron chi connectivity index (χ4n) is 1.91. The van der Waals surface area contributed by atoms with Crippen molar-refractivity contribution in [2.75, 3.05) is 7.11 Å². The van der Waals surface area contributed by atoms with Crippen molar-refractivity contribution in [3.05, 3.63) is 33.4 Å². The van der Waals surface area contributed by atoms with Crippen LogP contribution in [-0.2, 0) is 4.74 Å². The Morgan fingerprint density at radius 1 is 0.800 bits per heavy atom. The predicted octanol–water partition coefficient (Wildman–Crippen LogP) is 3.02. The van der Waals surface area contributed by atoms with Crippen LogP contribution in [0.3, 0.4) is 0 Å². The minimum atomic E-state index is -0.240. The van der Waals surface area contributed by atoms with E-state index in [4.69, 9.17) is 4.74 Å². The van der Waals surface area contributed by atoms with Gasteiger partial charge in [0.15, 0.2) is 0 Å². The first kappa shape index (κ1) is 11.8. The minimum absolute atomic E-state index is 0.240. The molecule has 0 aliphatic carbocycles. The van der Waals surface area contributed by atoms with Crippen LogP contribution in [0.5, 0.6) is 0 Å². The quantitative estimate of drug-likeness (QED) is 0.660. The van der Waals surface area contributed by atoms with Gasteiger partial charge in [0.25, 0.3) is 0 Å². The summed E-state index contributed by atoms with van der Waals surface area (Å²) in [6.07, 6.45) is 0. The van der Waals surface area contributed by atoms with Gasteiger partial charge in [0.2, 0.25) is 0 Å². The van der Waals surface area contributed by atoms with E-state index in [-0.39, 0.29) is 5.97 Å². The van der Waals surface area contributed by atoms with Crippen LogP contribution in [0.1, 0.15) is 38.2 Å². The van der Waals surface area contributed by atoms with Crippen LogP contribution in [0.4, 0.5) is 0 Å². The molecule has 2 heteroatoms. The molecule has 0 unspecified atom stereocenters. The third kappa shape index (κ3) is 1.76. The maximum atomic E-state index is 11.6. The Kier molecular flexibility index (Phi) is 3.18. The van der Waals surface area contributed by atoms with Gasteiger partial charge in [-0.2, -0.15) is 0 Å². The van der Waals surface area contributed by atoms with E-state index in [1.807, 2.05) is 27.7 Å². The SMILES string of the molecule is COC(=O)c1c(C)c(C)c(C)c(C)c1C. The van der Waals surface area contributed by atoms with Crippen LogP contribution in [0.15, 0.2) is 0 Å². The second-order valence-electron chi connectivity index (χ2n) is 3.99. The molecule has 0 fully saturated rings. The number of rotatable bonds is 1. The molecule has 0 radical (unpaired) electrons. The van der Waals surface area contributed by atoms with E-state index < -0.39 is 0 Å². The Balaban J connectivity index is 3.60. The third-order valence-electron chi connectivity index (χ3n) is 3.39. The van der Waals surface area contributed by atoms with E-state index in [0.717, 1.165) is 16.7 Å². The molecule has 15 heavy (non-hydrogen) atoms. The summed E-state index contributed by atoms with van der Waals surface area (Å²) >= 11 is 0. The molecule has 0 heterocycles. The molecule has 1 aromatic carbocycles. The fraction of sp³-hybridized carbons (Fsp3) is 0.462. The average Bonchev–Trinajstić information content (AvgIpc) is 2.23. The Morgan fingerprint density at radius 2 is 1.13 bits per heavy atom. The molecule has 0 saturated heterocycles. The van der Waals surface area contributed by atoms with Crippen LogP contribution >= 0.6 is 0 Å². The van der Waals surface area contributed by atoms with Gasteiger partial charge in [-0.3, -0.25) is 0 Å². The number of esters is 1. The van der Waals surface area contributed by atoms with Crippen molar-refractivity contribution in [3.63, 3.8) is 0 Å². The van der Waals surface area contributed by atoms with Crippen molar-refractivity contribution in [2.45, 2.75) is 34.6 Å². The number of hydrogen-bond acceptors (Lipinski definition) is 2. The van der Waals surface area contributed by atoms with Gasteiger partial charge in [0.05, 0.1) is 12.7 Å². The summed E-state index contributed by atoms with van der Waals surface area (Å²) in [7, 11) is 1.42. The van der Waals surface area contributed by atoms with Crippen molar-refractivity contribution in [1.82, 2.24) is 0 Å². The smallest absolute Gasteiger partial charge is 0.338 e. The van der Waals surface area contributed by atoms with Gasteiger partial charge in [0.1, 0.15) is 0 Å². The summed E-state index contributed by atoms with van der Waals surface area (Å²) in [5.74, 6) is -0.240. The highest BCUT2D eigenvalue weighted by Gasteiger charge is 2.18. The molecule has 1 rings (SSSR count). The molecular formula is C13H18O2. The predicted molar refractivity (Wildman–Crippen MR) is 61.5 cm³/mol. The summed E-state index contributed by atoms with van der Waals surface area (Å²) in [5.41, 5.74) is 6.40. The first-order valence-corrected chi connectivity index (χ1v) is 5.07. The third-order valence-corrected chi connectivity index (χ3v) is 3.39. The molecule has 0 bridgehead atoms. The lowest BCUT2D eigenvalue weighted by molar-refractivity contribution is 0.0599. The van der Waals surface area contributed by atoms with E-state index >= 15 is 0 Å². The topological polar surface area (TPSA) is 26.3 Å². The van der Waals surface area contributed by atoms with E-state index in [0.29, 0.717) is 0 Å². The number of carbonyl (C=O) groups is 1. The minimum Gasteiger partial charge on any atom is -0.465 e. The summed E-state index contributed by atoms with van der Waals surface area (Å²) in [5, 5.41) is 0. The lowest BCUT2D eigenvalue weighted by Crippen LogP contribution is -2.10. The van der Waals surface area contributed by atoms with Crippen molar-refractivity contribution < 1.29 is 9.53 Å². The second-order valence-corrected chi connectivity index (χ2v) is 3.99. The van der Waals surface area contributed by atoms with E-state index in [9.17, 15) is 4.79 Å². The standard InChI is InChI=1S/C13H18O2/c1-7-8(2)10(4)12(13(14)15-6)11(5)9(7)3/h1-6H3. The van der Waals surface area contributed by atoms with E-state index in [1.54, 1.807) is 0 Å². The molecular weight excluding hydrogens is 188 g/mol. The van der Waals surface area contributed by atoms with Gasteiger partial charge in [-0.15, -0.1) is 0 Å². The molecule has 0 amide bonds. The average molecular weight is 206 g/mol. The molecule has 82 valence electrons. The van der Waals surface area contributed by atoms with Gasteiger partial charge in [0, 0.05) is 0 Å². The van der Waals surface area contributed by atoms with Crippen molar-refractivity contribution in [1.29, 1.82) is 0 Å². The van der Waals surface area contributed by atoms with Gasteiger partial charge in [-0.25, -0.2) is 4.79 Å². The van der Waals surface area contributed by atoms with Crippen LogP contribution in [0.25, 0.3) is 0 Å². The molecule has 0 aromatic heterocycles. The fourth-order valence-corrected chi connectivity index (χ4v) is 1.91. The molecule has 0 aliphatic rings. The summed E-state index contributed by atoms with van der Waals surface area (Å²) in [6.45, 7) is 10.1. The van der Waals surface area contributed by atoms with Crippen molar-refractivity contribution in [2.24, 2.45) is 0 Å². The van der Waals surface area contributed by atoms with Gasteiger partial charge in [-0.05, 0) is 62.4 Å². The number of carbonyl (C=O) groups excluding carboxylic acids is 1. The summed E-state index contributed by atoms with van der Waals surface area (Å²) in [6, 6.07) is 0. The maximum absolute atomic E-state index is 11.6. The molecule has 0 N–H and O–H groups in total. The molecule has 0 spiro atoms. The van der Waals surface area contributed by atoms with E-state index in [2.05, 4.69) is 6.92 Å². The van der Waals surface area contributed by atoms with Crippen molar-refractivity contribution >= 4 is 5.97 Å². The van der Waals surface area contributed by atoms with E-state index in [1.165, 1.54) is 23.8 Å². The number of benzene rings is 1. The largest absolute Gasteiger partial charge is 0.465 e. The summed E-state index contributed by atoms with van der Waals surface area (Å²) in [4.78, 5) is 11.6. The van der Waals surface area contributed by atoms with Crippen molar-refractivity contribution in [3.8, 4) is 0 Å². The Hall–Kier alpha value is -1.31. The lowest BCUT2D eigenvalue weighted by atomic mass is 9.90. The highest BCUT2D eigenvalue weighted by Crippen LogP contribution is 2.26. The highest BCUT2D eigenvalue weighted by atomic mass is 16.5. The lowest BCUT2D eigenvalue weighted by Gasteiger charge is -2.16. The normalized spacial score (nSPS) is 10.3. The molecule has 2 nitrogen and oxygen atoms in total. The Bertz CT molecular complexity index is 388. The van der Waals surface area contributed by atoms with Crippen LogP contribution in [0, 0.1) is 34.6 Å². The molecule has 0 aliphatic heterocycles. The zero-order valence-electron chi connectivity index (χ0n) is 10.3. The van der Waals surface area contributed by atoms with Gasteiger partial charge >= 0.3 is 5.97 Å². The molecule has 0 saturated carbocycles. The van der Waals surface area contributed by atoms with Gasteiger partial charge < -0.3 is 4.74 Å². The monoisotopic (exact) mass is 206 g/mol. The number of hydrogen-bond donors (Lipinski definition) is 0. The Labute approximate surface area is 91.3 Å².